The highest BCUT2D eigenvalue weighted by Crippen LogP contribution is 2.28. The fourth-order valence-electron chi connectivity index (χ4n) is 2.57. The van der Waals surface area contributed by atoms with E-state index in [0.29, 0.717) is 18.1 Å². The summed E-state index contributed by atoms with van der Waals surface area (Å²) in [6.07, 6.45) is 5.67. The van der Waals surface area contributed by atoms with Crippen LogP contribution in [0.1, 0.15) is 32.3 Å². The number of carbonyl (C=O) groups is 1. The Balaban J connectivity index is 2.03. The summed E-state index contributed by atoms with van der Waals surface area (Å²) in [5.41, 5.74) is 0.933. The lowest BCUT2D eigenvalue weighted by molar-refractivity contribution is -0.127. The van der Waals surface area contributed by atoms with Crippen LogP contribution >= 0.6 is 0 Å². The normalized spacial score (nSPS) is 16.0. The largest absolute Gasteiger partial charge is 0.493 e. The van der Waals surface area contributed by atoms with Gasteiger partial charge in [0.25, 0.3) is 0 Å². The van der Waals surface area contributed by atoms with Crippen LogP contribution in [0.15, 0.2) is 24.3 Å². The predicted molar refractivity (Wildman–Crippen MR) is 88.2 cm³/mol. The fourth-order valence-corrected chi connectivity index (χ4v) is 2.57. The van der Waals surface area contributed by atoms with Gasteiger partial charge in [0.05, 0.1) is 13.7 Å². The number of likely N-dealkylation sites (tertiary alicyclic amines) is 1. The molecule has 0 atom stereocenters. The molecule has 0 radical (unpaired) electrons. The summed E-state index contributed by atoms with van der Waals surface area (Å²) in [4.78, 5) is 14.1. The van der Waals surface area contributed by atoms with Crippen molar-refractivity contribution in [2.45, 2.75) is 26.7 Å². The van der Waals surface area contributed by atoms with Gasteiger partial charge in [-0.05, 0) is 49.5 Å². The van der Waals surface area contributed by atoms with Crippen molar-refractivity contribution in [3.8, 4) is 11.5 Å². The van der Waals surface area contributed by atoms with Crippen LogP contribution in [0.3, 0.4) is 0 Å². The third-order valence-electron chi connectivity index (χ3n) is 4.00. The quantitative estimate of drug-likeness (QED) is 0.783. The number of carbonyl (C=O) groups excluding carboxylic acids is 1. The summed E-state index contributed by atoms with van der Waals surface area (Å²) in [5.74, 6) is 2.21. The Morgan fingerprint density at radius 3 is 2.68 bits per heavy atom. The molecule has 1 aliphatic rings. The standard InChI is InChI=1S/C18H25NO3/c1-4-22-17-13-15(5-7-16(17)21-3)6-8-18(20)19-11-9-14(2)10-12-19/h5-8,13-14H,4,9-12H2,1-3H3. The van der Waals surface area contributed by atoms with E-state index in [2.05, 4.69) is 6.92 Å². The molecule has 1 aromatic rings. The highest BCUT2D eigenvalue weighted by molar-refractivity contribution is 5.91. The molecule has 4 heteroatoms. The van der Waals surface area contributed by atoms with Crippen LogP contribution in [-0.4, -0.2) is 37.6 Å². The Labute approximate surface area is 132 Å². The molecule has 2 rings (SSSR count). The number of ether oxygens (including phenoxy) is 2. The SMILES string of the molecule is CCOc1cc(C=CC(=O)N2CCC(C)CC2)ccc1OC. The van der Waals surface area contributed by atoms with Crippen molar-refractivity contribution in [1.29, 1.82) is 0 Å². The minimum atomic E-state index is 0.0840. The van der Waals surface area contributed by atoms with Gasteiger partial charge in [-0.3, -0.25) is 4.79 Å². The number of benzene rings is 1. The zero-order valence-corrected chi connectivity index (χ0v) is 13.7. The van der Waals surface area contributed by atoms with Crippen molar-refractivity contribution in [2.24, 2.45) is 5.92 Å². The maximum absolute atomic E-state index is 12.2. The number of rotatable bonds is 5. The smallest absolute Gasteiger partial charge is 0.246 e. The molecule has 0 saturated carbocycles. The Hall–Kier alpha value is -1.97. The first-order chi connectivity index (χ1) is 10.6. The van der Waals surface area contributed by atoms with E-state index in [0.717, 1.165) is 37.4 Å². The molecule has 1 amide bonds. The van der Waals surface area contributed by atoms with Crippen molar-refractivity contribution < 1.29 is 14.3 Å². The molecule has 0 N–H and O–H groups in total. The monoisotopic (exact) mass is 303 g/mol. The third kappa shape index (κ3) is 4.26. The molecule has 1 saturated heterocycles. The minimum Gasteiger partial charge on any atom is -0.493 e. The molecular formula is C18H25NO3. The molecule has 22 heavy (non-hydrogen) atoms. The van der Waals surface area contributed by atoms with Crippen molar-refractivity contribution in [1.82, 2.24) is 4.90 Å². The van der Waals surface area contributed by atoms with Crippen molar-refractivity contribution in [2.75, 3.05) is 26.8 Å². The molecular weight excluding hydrogens is 278 g/mol. The van der Waals surface area contributed by atoms with Gasteiger partial charge >= 0.3 is 0 Å². The van der Waals surface area contributed by atoms with Crippen molar-refractivity contribution in [3.63, 3.8) is 0 Å². The third-order valence-corrected chi connectivity index (χ3v) is 4.00. The Bertz CT molecular complexity index is 531. The van der Waals surface area contributed by atoms with Gasteiger partial charge in [0.15, 0.2) is 11.5 Å². The van der Waals surface area contributed by atoms with Gasteiger partial charge in [0, 0.05) is 19.2 Å². The lowest BCUT2D eigenvalue weighted by Gasteiger charge is -2.29. The van der Waals surface area contributed by atoms with E-state index in [4.69, 9.17) is 9.47 Å². The number of amides is 1. The van der Waals surface area contributed by atoms with Gasteiger partial charge in [-0.25, -0.2) is 0 Å². The van der Waals surface area contributed by atoms with Crippen LogP contribution in [0.2, 0.25) is 0 Å². The number of nitrogens with zero attached hydrogens (tertiary/aromatic N) is 1. The second-order valence-electron chi connectivity index (χ2n) is 5.68. The zero-order chi connectivity index (χ0) is 15.9. The predicted octanol–water partition coefficient (Wildman–Crippen LogP) is 3.37. The van der Waals surface area contributed by atoms with Gasteiger partial charge in [0.2, 0.25) is 5.91 Å². The first-order valence-corrected chi connectivity index (χ1v) is 7.92. The summed E-state index contributed by atoms with van der Waals surface area (Å²) in [7, 11) is 1.62. The molecule has 0 unspecified atom stereocenters. The Morgan fingerprint density at radius 2 is 2.05 bits per heavy atom. The van der Waals surface area contributed by atoms with Gasteiger partial charge < -0.3 is 14.4 Å². The highest BCUT2D eigenvalue weighted by atomic mass is 16.5. The zero-order valence-electron chi connectivity index (χ0n) is 13.7. The van der Waals surface area contributed by atoms with Crippen LogP contribution in [-0.2, 0) is 4.79 Å². The summed E-state index contributed by atoms with van der Waals surface area (Å²) >= 11 is 0. The lowest BCUT2D eigenvalue weighted by atomic mass is 9.99. The van der Waals surface area contributed by atoms with Gasteiger partial charge in [0.1, 0.15) is 0 Å². The summed E-state index contributed by atoms with van der Waals surface area (Å²) in [6.45, 7) is 6.47. The van der Waals surface area contributed by atoms with E-state index in [1.165, 1.54) is 0 Å². The number of methoxy groups -OCH3 is 1. The van der Waals surface area contributed by atoms with E-state index >= 15 is 0 Å². The molecule has 0 aromatic heterocycles. The van der Waals surface area contributed by atoms with Gasteiger partial charge in [-0.15, -0.1) is 0 Å². The van der Waals surface area contributed by atoms with Gasteiger partial charge in [-0.1, -0.05) is 13.0 Å². The molecule has 4 nitrogen and oxygen atoms in total. The van der Waals surface area contributed by atoms with Crippen molar-refractivity contribution >= 4 is 12.0 Å². The van der Waals surface area contributed by atoms with Gasteiger partial charge in [-0.2, -0.15) is 0 Å². The van der Waals surface area contributed by atoms with Crippen LogP contribution in [0.25, 0.3) is 6.08 Å². The molecule has 0 spiro atoms. The molecule has 1 fully saturated rings. The Morgan fingerprint density at radius 1 is 1.32 bits per heavy atom. The van der Waals surface area contributed by atoms with E-state index in [-0.39, 0.29) is 5.91 Å². The maximum atomic E-state index is 12.2. The highest BCUT2D eigenvalue weighted by Gasteiger charge is 2.18. The molecule has 1 heterocycles. The molecule has 1 aromatic carbocycles. The average Bonchev–Trinajstić information content (AvgIpc) is 2.54. The van der Waals surface area contributed by atoms with Crippen molar-refractivity contribution in [3.05, 3.63) is 29.8 Å². The molecule has 120 valence electrons. The number of hydrogen-bond acceptors (Lipinski definition) is 3. The number of hydrogen-bond donors (Lipinski definition) is 0. The first-order valence-electron chi connectivity index (χ1n) is 7.92. The molecule has 0 aliphatic carbocycles. The Kier molecular flexibility index (Phi) is 5.87. The van der Waals surface area contributed by atoms with Crippen LogP contribution in [0, 0.1) is 5.92 Å². The van der Waals surface area contributed by atoms with E-state index < -0.39 is 0 Å². The van der Waals surface area contributed by atoms with E-state index in [1.807, 2.05) is 36.1 Å². The summed E-state index contributed by atoms with van der Waals surface area (Å²) < 4.78 is 10.8. The fraction of sp³-hybridized carbons (Fsp3) is 0.500. The second kappa shape index (κ2) is 7.87. The number of piperidine rings is 1. The minimum absolute atomic E-state index is 0.0840. The average molecular weight is 303 g/mol. The topological polar surface area (TPSA) is 38.8 Å². The van der Waals surface area contributed by atoms with Crippen LogP contribution < -0.4 is 9.47 Å². The first kappa shape index (κ1) is 16.4. The summed E-state index contributed by atoms with van der Waals surface area (Å²) in [6, 6.07) is 5.67. The summed E-state index contributed by atoms with van der Waals surface area (Å²) in [5, 5.41) is 0. The second-order valence-corrected chi connectivity index (χ2v) is 5.68. The molecule has 1 aliphatic heterocycles. The molecule has 0 bridgehead atoms. The van der Waals surface area contributed by atoms with E-state index in [9.17, 15) is 4.79 Å². The van der Waals surface area contributed by atoms with E-state index in [1.54, 1.807) is 13.2 Å². The van der Waals surface area contributed by atoms with Crippen LogP contribution in [0.4, 0.5) is 0 Å². The lowest BCUT2D eigenvalue weighted by Crippen LogP contribution is -2.36. The van der Waals surface area contributed by atoms with Crippen LogP contribution in [0.5, 0.6) is 11.5 Å². The maximum Gasteiger partial charge on any atom is 0.246 e.